The average Bonchev–Trinajstić information content (AvgIpc) is 3.17. The number of hydrogen-bond acceptors (Lipinski definition) is 5. The minimum Gasteiger partial charge on any atom is -0.353 e. The van der Waals surface area contributed by atoms with Crippen LogP contribution >= 0.6 is 0 Å². The van der Waals surface area contributed by atoms with Crippen molar-refractivity contribution in [1.29, 1.82) is 0 Å². The van der Waals surface area contributed by atoms with Crippen molar-refractivity contribution in [2.75, 3.05) is 18.0 Å². The van der Waals surface area contributed by atoms with Gasteiger partial charge in [-0.1, -0.05) is 24.3 Å². The summed E-state index contributed by atoms with van der Waals surface area (Å²) in [6.07, 6.45) is 6.19. The Bertz CT molecular complexity index is 1040. The fourth-order valence-corrected chi connectivity index (χ4v) is 4.58. The zero-order chi connectivity index (χ0) is 19.8. The van der Waals surface area contributed by atoms with Crippen LogP contribution in [0.5, 0.6) is 0 Å². The van der Waals surface area contributed by atoms with Gasteiger partial charge in [-0.15, -0.1) is 0 Å². The molecule has 0 radical (unpaired) electrons. The second-order valence-electron chi connectivity index (χ2n) is 8.20. The molecule has 1 aliphatic carbocycles. The van der Waals surface area contributed by atoms with E-state index in [1.54, 1.807) is 6.07 Å². The number of rotatable bonds is 4. The molecule has 0 amide bonds. The van der Waals surface area contributed by atoms with Crippen LogP contribution in [-0.2, 0) is 13.0 Å². The number of hydrogen-bond donors (Lipinski definition) is 2. The van der Waals surface area contributed by atoms with Crippen molar-refractivity contribution in [3.63, 3.8) is 0 Å². The quantitative estimate of drug-likeness (QED) is 0.713. The molecule has 1 aliphatic heterocycles. The summed E-state index contributed by atoms with van der Waals surface area (Å²) >= 11 is 0. The average molecular weight is 391 g/mol. The van der Waals surface area contributed by atoms with Gasteiger partial charge in [0.05, 0.1) is 0 Å². The summed E-state index contributed by atoms with van der Waals surface area (Å²) in [6, 6.07) is 12.6. The molecule has 3 heterocycles. The van der Waals surface area contributed by atoms with E-state index in [1.807, 2.05) is 17.2 Å². The maximum absolute atomic E-state index is 14.7. The largest absolute Gasteiger partial charge is 0.353 e. The van der Waals surface area contributed by atoms with Gasteiger partial charge < -0.3 is 16.0 Å². The lowest BCUT2D eigenvalue weighted by Crippen LogP contribution is -2.27. The molecule has 2 atom stereocenters. The van der Waals surface area contributed by atoms with E-state index in [9.17, 15) is 4.39 Å². The van der Waals surface area contributed by atoms with Crippen LogP contribution in [0.3, 0.4) is 0 Å². The summed E-state index contributed by atoms with van der Waals surface area (Å²) in [4.78, 5) is 10.9. The van der Waals surface area contributed by atoms with Crippen LogP contribution in [0.2, 0.25) is 0 Å². The lowest BCUT2D eigenvalue weighted by Gasteiger charge is -2.26. The summed E-state index contributed by atoms with van der Waals surface area (Å²) in [5.74, 6) is 0.0577. The summed E-state index contributed by atoms with van der Waals surface area (Å²) < 4.78 is 14.7. The molecule has 29 heavy (non-hydrogen) atoms. The highest BCUT2D eigenvalue weighted by Crippen LogP contribution is 2.30. The Morgan fingerprint density at radius 3 is 2.97 bits per heavy atom. The molecule has 0 saturated carbocycles. The Balaban J connectivity index is 1.34. The Labute approximate surface area is 170 Å². The normalized spacial score (nSPS) is 21.5. The fourth-order valence-electron chi connectivity index (χ4n) is 4.58. The minimum absolute atomic E-state index is 0.0817. The first kappa shape index (κ1) is 18.5. The maximum Gasteiger partial charge on any atom is 0.167 e. The first-order chi connectivity index (χ1) is 14.2. The van der Waals surface area contributed by atoms with Crippen molar-refractivity contribution in [3.05, 3.63) is 65.1 Å². The molecular weight excluding hydrogens is 365 g/mol. The highest BCUT2D eigenvalue weighted by atomic mass is 19.1. The third kappa shape index (κ3) is 3.70. The van der Waals surface area contributed by atoms with Crippen molar-refractivity contribution in [2.24, 2.45) is 5.73 Å². The second-order valence-corrected chi connectivity index (χ2v) is 8.20. The van der Waals surface area contributed by atoms with Crippen LogP contribution < -0.4 is 16.0 Å². The Kier molecular flexibility index (Phi) is 4.89. The lowest BCUT2D eigenvalue weighted by atomic mass is 9.87. The van der Waals surface area contributed by atoms with E-state index in [2.05, 4.69) is 39.6 Å². The highest BCUT2D eigenvalue weighted by Gasteiger charge is 2.24. The van der Waals surface area contributed by atoms with Crippen LogP contribution in [0.4, 0.5) is 10.2 Å². The van der Waals surface area contributed by atoms with E-state index in [0.717, 1.165) is 36.8 Å². The van der Waals surface area contributed by atoms with Gasteiger partial charge in [0.1, 0.15) is 0 Å². The van der Waals surface area contributed by atoms with Gasteiger partial charge in [-0.05, 0) is 54.5 Å². The molecule has 5 rings (SSSR count). The summed E-state index contributed by atoms with van der Waals surface area (Å²) in [7, 11) is 0. The Hall–Kier alpha value is -2.57. The standard InChI is InChI=1S/C23H26FN5/c24-20-11-17-10-15(12-26-21-7-3-5-16-4-1-2-6-19(16)21)13-27-22(17)28-23(20)29-9-8-18(25)14-29/h1-2,4,6,10-11,13,18,21,26H,3,5,7-9,12,14,25H2. The number of halogens is 1. The molecule has 0 spiro atoms. The summed E-state index contributed by atoms with van der Waals surface area (Å²) in [6.45, 7) is 2.08. The SMILES string of the molecule is NC1CCN(c2nc3ncc(CNC4CCCc5ccccc54)cc3cc2F)C1. The van der Waals surface area contributed by atoms with Gasteiger partial charge in [0.2, 0.25) is 0 Å². The number of aromatic nitrogens is 2. The number of nitrogens with zero attached hydrogens (tertiary/aromatic N) is 3. The first-order valence-corrected chi connectivity index (χ1v) is 10.4. The van der Waals surface area contributed by atoms with Gasteiger partial charge in [-0.25, -0.2) is 14.4 Å². The van der Waals surface area contributed by atoms with E-state index in [4.69, 9.17) is 5.73 Å². The van der Waals surface area contributed by atoms with E-state index >= 15 is 0 Å². The number of pyridine rings is 2. The summed E-state index contributed by atoms with van der Waals surface area (Å²) in [5, 5.41) is 4.39. The summed E-state index contributed by atoms with van der Waals surface area (Å²) in [5.41, 5.74) is 10.4. The van der Waals surface area contributed by atoms with Crippen molar-refractivity contribution < 1.29 is 4.39 Å². The van der Waals surface area contributed by atoms with Gasteiger partial charge in [-0.2, -0.15) is 0 Å². The van der Waals surface area contributed by atoms with E-state index in [1.165, 1.54) is 17.5 Å². The molecular formula is C23H26FN5. The van der Waals surface area contributed by atoms with Crippen LogP contribution in [0.15, 0.2) is 42.6 Å². The molecule has 150 valence electrons. The monoisotopic (exact) mass is 391 g/mol. The van der Waals surface area contributed by atoms with Crippen molar-refractivity contribution in [2.45, 2.75) is 44.3 Å². The zero-order valence-corrected chi connectivity index (χ0v) is 16.4. The lowest BCUT2D eigenvalue weighted by molar-refractivity contribution is 0.459. The van der Waals surface area contributed by atoms with Crippen LogP contribution in [0, 0.1) is 5.82 Å². The van der Waals surface area contributed by atoms with Gasteiger partial charge in [0.15, 0.2) is 17.3 Å². The number of fused-ring (bicyclic) bond motifs is 2. The molecule has 3 aromatic rings. The maximum atomic E-state index is 14.7. The molecule has 1 aromatic carbocycles. The van der Waals surface area contributed by atoms with Crippen LogP contribution in [0.1, 0.15) is 42.0 Å². The topological polar surface area (TPSA) is 67.1 Å². The first-order valence-electron chi connectivity index (χ1n) is 10.4. The van der Waals surface area contributed by atoms with Crippen molar-refractivity contribution >= 4 is 16.9 Å². The highest BCUT2D eigenvalue weighted by molar-refractivity contribution is 5.77. The molecule has 1 saturated heterocycles. The number of nitrogens with one attached hydrogen (secondary N) is 1. The van der Waals surface area contributed by atoms with Gasteiger partial charge >= 0.3 is 0 Å². The van der Waals surface area contributed by atoms with Crippen LogP contribution in [-0.4, -0.2) is 29.1 Å². The van der Waals surface area contributed by atoms with Crippen LogP contribution in [0.25, 0.3) is 11.0 Å². The third-order valence-electron chi connectivity index (χ3n) is 6.11. The Morgan fingerprint density at radius 1 is 1.21 bits per heavy atom. The molecule has 2 aromatic heterocycles. The van der Waals surface area contributed by atoms with Crippen molar-refractivity contribution in [1.82, 2.24) is 15.3 Å². The molecule has 2 unspecified atom stereocenters. The van der Waals surface area contributed by atoms with Gasteiger partial charge in [-0.3, -0.25) is 0 Å². The number of benzene rings is 1. The van der Waals surface area contributed by atoms with Crippen molar-refractivity contribution in [3.8, 4) is 0 Å². The predicted octanol–water partition coefficient (Wildman–Crippen LogP) is 3.47. The molecule has 5 nitrogen and oxygen atoms in total. The molecule has 2 aliphatic rings. The van der Waals surface area contributed by atoms with Gasteiger partial charge in [0.25, 0.3) is 0 Å². The van der Waals surface area contributed by atoms with E-state index in [0.29, 0.717) is 30.6 Å². The van der Waals surface area contributed by atoms with E-state index in [-0.39, 0.29) is 11.9 Å². The van der Waals surface area contributed by atoms with Gasteiger partial charge in [0, 0.05) is 43.3 Å². The second kappa shape index (κ2) is 7.69. The number of nitrogens with two attached hydrogens (primary N) is 1. The fraction of sp³-hybridized carbons (Fsp3) is 0.391. The molecule has 0 bridgehead atoms. The minimum atomic E-state index is -0.306. The third-order valence-corrected chi connectivity index (χ3v) is 6.11. The smallest absolute Gasteiger partial charge is 0.167 e. The zero-order valence-electron chi connectivity index (χ0n) is 16.4. The molecule has 3 N–H and O–H groups in total. The number of anilines is 1. The predicted molar refractivity (Wildman–Crippen MR) is 113 cm³/mol. The Morgan fingerprint density at radius 2 is 2.10 bits per heavy atom. The number of aryl methyl sites for hydroxylation is 1. The van der Waals surface area contributed by atoms with E-state index < -0.39 is 0 Å². The molecule has 1 fully saturated rings. The molecule has 6 heteroatoms.